The molecule has 2 atom stereocenters. The first-order valence-electron chi connectivity index (χ1n) is 9.24. The van der Waals surface area contributed by atoms with Crippen molar-refractivity contribution in [2.75, 3.05) is 26.2 Å². The molecule has 2 aliphatic rings. The molecule has 5 nitrogen and oxygen atoms in total. The van der Waals surface area contributed by atoms with Gasteiger partial charge in [0.25, 0.3) is 0 Å². The highest BCUT2D eigenvalue weighted by Crippen LogP contribution is 2.48. The van der Waals surface area contributed by atoms with Crippen molar-refractivity contribution in [1.29, 1.82) is 0 Å². The molecule has 2 heterocycles. The van der Waals surface area contributed by atoms with Gasteiger partial charge in [0.15, 0.2) is 0 Å². The highest BCUT2D eigenvalue weighted by molar-refractivity contribution is 5.84. The van der Waals surface area contributed by atoms with Gasteiger partial charge < -0.3 is 9.80 Å². The number of pyridine rings is 1. The maximum atomic E-state index is 12.7. The number of benzene rings is 1. The van der Waals surface area contributed by atoms with E-state index in [2.05, 4.69) is 17.1 Å². The van der Waals surface area contributed by atoms with Crippen LogP contribution in [0.3, 0.4) is 0 Å². The van der Waals surface area contributed by atoms with E-state index in [1.807, 2.05) is 46.2 Å². The van der Waals surface area contributed by atoms with Crippen LogP contribution in [0.15, 0.2) is 54.7 Å². The van der Waals surface area contributed by atoms with Crippen molar-refractivity contribution < 1.29 is 9.59 Å². The summed E-state index contributed by atoms with van der Waals surface area (Å²) in [5, 5.41) is 0. The average molecular weight is 349 g/mol. The summed E-state index contributed by atoms with van der Waals surface area (Å²) < 4.78 is 0. The smallest absolute Gasteiger partial charge is 0.228 e. The second-order valence-electron chi connectivity index (χ2n) is 7.06. The number of aromatic nitrogens is 1. The molecule has 0 unspecified atom stereocenters. The van der Waals surface area contributed by atoms with E-state index >= 15 is 0 Å². The van der Waals surface area contributed by atoms with E-state index < -0.39 is 0 Å². The lowest BCUT2D eigenvalue weighted by atomic mass is 10.1. The molecule has 2 fully saturated rings. The Morgan fingerprint density at radius 3 is 2.31 bits per heavy atom. The summed E-state index contributed by atoms with van der Waals surface area (Å²) in [5.41, 5.74) is 2.05. The van der Waals surface area contributed by atoms with Crippen LogP contribution in [0.1, 0.15) is 23.6 Å². The number of rotatable bonds is 4. The number of carbonyl (C=O) groups excluding carboxylic acids is 2. The van der Waals surface area contributed by atoms with Gasteiger partial charge in [0.1, 0.15) is 0 Å². The zero-order valence-corrected chi connectivity index (χ0v) is 14.8. The van der Waals surface area contributed by atoms with E-state index in [-0.39, 0.29) is 17.7 Å². The van der Waals surface area contributed by atoms with Gasteiger partial charge in [0, 0.05) is 44.0 Å². The largest absolute Gasteiger partial charge is 0.339 e. The normalized spacial score (nSPS) is 22.2. The molecule has 4 rings (SSSR count). The first-order chi connectivity index (χ1) is 12.7. The summed E-state index contributed by atoms with van der Waals surface area (Å²) in [5.74, 6) is 0.820. The van der Waals surface area contributed by atoms with Crippen molar-refractivity contribution in [3.8, 4) is 0 Å². The minimum Gasteiger partial charge on any atom is -0.339 e. The number of amides is 2. The first-order valence-corrected chi connectivity index (χ1v) is 9.24. The molecule has 1 saturated carbocycles. The zero-order chi connectivity index (χ0) is 17.9. The molecule has 1 aromatic carbocycles. The van der Waals surface area contributed by atoms with Gasteiger partial charge in [0.05, 0.1) is 6.42 Å². The molecule has 0 spiro atoms. The predicted octanol–water partition coefficient (Wildman–Crippen LogP) is 2.10. The molecule has 1 aliphatic heterocycles. The SMILES string of the molecule is O=C(Cc1ccccn1)N1CCN(C(=O)[C@H]2C[C@@H]2c2ccccc2)CC1. The number of carbonyl (C=O) groups is 2. The Morgan fingerprint density at radius 1 is 0.923 bits per heavy atom. The fourth-order valence-electron chi connectivity index (χ4n) is 3.72. The molecular weight excluding hydrogens is 326 g/mol. The number of hydrogen-bond acceptors (Lipinski definition) is 3. The average Bonchev–Trinajstić information content (AvgIpc) is 3.50. The second-order valence-corrected chi connectivity index (χ2v) is 7.06. The monoisotopic (exact) mass is 349 g/mol. The molecule has 134 valence electrons. The molecule has 1 aromatic heterocycles. The van der Waals surface area contributed by atoms with Crippen molar-refractivity contribution >= 4 is 11.8 Å². The molecular formula is C21H23N3O2. The van der Waals surface area contributed by atoms with Crippen LogP contribution in [0.4, 0.5) is 0 Å². The quantitative estimate of drug-likeness (QED) is 0.849. The summed E-state index contributed by atoms with van der Waals surface area (Å²) >= 11 is 0. The van der Waals surface area contributed by atoms with E-state index in [0.29, 0.717) is 38.5 Å². The van der Waals surface area contributed by atoms with Crippen LogP contribution in [-0.4, -0.2) is 52.8 Å². The predicted molar refractivity (Wildman–Crippen MR) is 98.4 cm³/mol. The van der Waals surface area contributed by atoms with Crippen molar-refractivity contribution in [2.24, 2.45) is 5.92 Å². The summed E-state index contributed by atoms with van der Waals surface area (Å²) in [7, 11) is 0. The van der Waals surface area contributed by atoms with E-state index in [9.17, 15) is 9.59 Å². The van der Waals surface area contributed by atoms with Crippen LogP contribution < -0.4 is 0 Å². The standard InChI is InChI=1S/C21H23N3O2/c25-20(14-17-8-4-5-9-22-17)23-10-12-24(13-11-23)21(26)19-15-18(19)16-6-2-1-3-7-16/h1-9,18-19H,10-15H2/t18-,19+/m1/s1. The van der Waals surface area contributed by atoms with Crippen LogP contribution in [0.5, 0.6) is 0 Å². The van der Waals surface area contributed by atoms with Gasteiger partial charge >= 0.3 is 0 Å². The van der Waals surface area contributed by atoms with Gasteiger partial charge in [-0.1, -0.05) is 36.4 Å². The van der Waals surface area contributed by atoms with Crippen molar-refractivity contribution in [2.45, 2.75) is 18.8 Å². The molecule has 0 radical (unpaired) electrons. The maximum absolute atomic E-state index is 12.7. The van der Waals surface area contributed by atoms with Crippen molar-refractivity contribution in [3.05, 3.63) is 66.0 Å². The molecule has 0 N–H and O–H groups in total. The van der Waals surface area contributed by atoms with Crippen LogP contribution in [0.2, 0.25) is 0 Å². The molecule has 5 heteroatoms. The number of piperazine rings is 1. The van der Waals surface area contributed by atoms with Gasteiger partial charge in [-0.3, -0.25) is 14.6 Å². The first kappa shape index (κ1) is 16.8. The Hall–Kier alpha value is -2.69. The van der Waals surface area contributed by atoms with E-state index in [1.54, 1.807) is 6.20 Å². The molecule has 2 aromatic rings. The fraction of sp³-hybridized carbons (Fsp3) is 0.381. The van der Waals surface area contributed by atoms with E-state index in [0.717, 1.165) is 12.1 Å². The number of nitrogens with zero attached hydrogens (tertiary/aromatic N) is 3. The van der Waals surface area contributed by atoms with E-state index in [4.69, 9.17) is 0 Å². The fourth-order valence-corrected chi connectivity index (χ4v) is 3.72. The Balaban J connectivity index is 1.27. The molecule has 2 amide bonds. The van der Waals surface area contributed by atoms with Crippen LogP contribution in [0, 0.1) is 5.92 Å². The summed E-state index contributed by atoms with van der Waals surface area (Å²) in [6.45, 7) is 2.48. The second kappa shape index (κ2) is 7.28. The Morgan fingerprint density at radius 2 is 1.62 bits per heavy atom. The zero-order valence-electron chi connectivity index (χ0n) is 14.8. The molecule has 1 aliphatic carbocycles. The lowest BCUT2D eigenvalue weighted by molar-refractivity contribution is -0.140. The Labute approximate surface area is 153 Å². The summed E-state index contributed by atoms with van der Waals surface area (Å²) in [6.07, 6.45) is 2.98. The van der Waals surface area contributed by atoms with Gasteiger partial charge in [-0.25, -0.2) is 0 Å². The van der Waals surface area contributed by atoms with Crippen LogP contribution in [0.25, 0.3) is 0 Å². The molecule has 1 saturated heterocycles. The minimum absolute atomic E-state index is 0.0874. The van der Waals surface area contributed by atoms with Crippen molar-refractivity contribution in [1.82, 2.24) is 14.8 Å². The Kier molecular flexibility index (Phi) is 4.69. The summed E-state index contributed by atoms with van der Waals surface area (Å²) in [6, 6.07) is 15.9. The van der Waals surface area contributed by atoms with Gasteiger partial charge in [-0.2, -0.15) is 0 Å². The highest BCUT2D eigenvalue weighted by Gasteiger charge is 2.46. The van der Waals surface area contributed by atoms with Gasteiger partial charge in [0.2, 0.25) is 11.8 Å². The number of hydrogen-bond donors (Lipinski definition) is 0. The molecule has 0 bridgehead atoms. The van der Waals surface area contributed by atoms with Gasteiger partial charge in [-0.15, -0.1) is 0 Å². The lowest BCUT2D eigenvalue weighted by Crippen LogP contribution is -2.51. The lowest BCUT2D eigenvalue weighted by Gasteiger charge is -2.35. The Bertz CT molecular complexity index is 770. The summed E-state index contributed by atoms with van der Waals surface area (Å²) in [4.78, 5) is 33.1. The third-order valence-electron chi connectivity index (χ3n) is 5.34. The minimum atomic E-state index is 0.0874. The third kappa shape index (κ3) is 3.62. The highest BCUT2D eigenvalue weighted by atomic mass is 16.2. The third-order valence-corrected chi connectivity index (χ3v) is 5.34. The van der Waals surface area contributed by atoms with Gasteiger partial charge in [-0.05, 0) is 30.0 Å². The topological polar surface area (TPSA) is 53.5 Å². The van der Waals surface area contributed by atoms with E-state index in [1.165, 1.54) is 5.56 Å². The van der Waals surface area contributed by atoms with Crippen LogP contribution >= 0.6 is 0 Å². The van der Waals surface area contributed by atoms with Crippen molar-refractivity contribution in [3.63, 3.8) is 0 Å². The molecule has 26 heavy (non-hydrogen) atoms. The maximum Gasteiger partial charge on any atom is 0.228 e. The van der Waals surface area contributed by atoms with Crippen LogP contribution in [-0.2, 0) is 16.0 Å².